The van der Waals surface area contributed by atoms with Crippen LogP contribution in [-0.2, 0) is 13.6 Å². The lowest BCUT2D eigenvalue weighted by atomic mass is 10.3. The first-order chi connectivity index (χ1) is 8.25. The Hall–Kier alpha value is -0.520. The molecule has 1 aliphatic heterocycles. The third-order valence-corrected chi connectivity index (χ3v) is 4.06. The van der Waals surface area contributed by atoms with Gasteiger partial charge in [0.05, 0.1) is 11.4 Å². The summed E-state index contributed by atoms with van der Waals surface area (Å²) < 4.78 is 1.96. The van der Waals surface area contributed by atoms with Gasteiger partial charge in [0, 0.05) is 51.3 Å². The van der Waals surface area contributed by atoms with Crippen LogP contribution >= 0.6 is 11.8 Å². The highest BCUT2D eigenvalue weighted by molar-refractivity contribution is 7.99. The van der Waals surface area contributed by atoms with Gasteiger partial charge in [-0.1, -0.05) is 0 Å². The molecule has 1 aromatic heterocycles. The van der Waals surface area contributed by atoms with E-state index in [9.17, 15) is 0 Å². The summed E-state index contributed by atoms with van der Waals surface area (Å²) in [6, 6.07) is 2.14. The van der Waals surface area contributed by atoms with Crippen molar-refractivity contribution in [3.8, 4) is 0 Å². The van der Waals surface area contributed by atoms with E-state index < -0.39 is 0 Å². The van der Waals surface area contributed by atoms with E-state index in [4.69, 9.17) is 0 Å². The third kappa shape index (κ3) is 4.01. The Bertz CT molecular complexity index is 344. The summed E-state index contributed by atoms with van der Waals surface area (Å²) in [6.45, 7) is 7.68. The van der Waals surface area contributed by atoms with Gasteiger partial charge in [0.15, 0.2) is 0 Å². The van der Waals surface area contributed by atoms with E-state index in [2.05, 4.69) is 33.1 Å². The molecule has 96 valence electrons. The molecule has 4 nitrogen and oxygen atoms in total. The number of hydrogen-bond donors (Lipinski definition) is 1. The van der Waals surface area contributed by atoms with Gasteiger partial charge in [-0.15, -0.1) is 0 Å². The van der Waals surface area contributed by atoms with Crippen molar-refractivity contribution < 1.29 is 0 Å². The maximum Gasteiger partial charge on any atom is 0.0597 e. The Balaban J connectivity index is 1.64. The van der Waals surface area contributed by atoms with E-state index in [1.54, 1.807) is 0 Å². The number of nitrogens with zero attached hydrogens (tertiary/aromatic N) is 3. The molecule has 0 bridgehead atoms. The molecule has 0 saturated carbocycles. The Morgan fingerprint density at radius 1 is 1.41 bits per heavy atom. The van der Waals surface area contributed by atoms with Crippen LogP contribution in [0.5, 0.6) is 0 Å². The first-order valence-electron chi connectivity index (χ1n) is 6.26. The molecule has 1 aliphatic rings. The van der Waals surface area contributed by atoms with Crippen LogP contribution in [0.4, 0.5) is 0 Å². The summed E-state index contributed by atoms with van der Waals surface area (Å²) in [5.41, 5.74) is 2.36. The van der Waals surface area contributed by atoms with Crippen molar-refractivity contribution in [2.24, 2.45) is 7.05 Å². The molecule has 2 rings (SSSR count). The molecule has 17 heavy (non-hydrogen) atoms. The standard InChI is InChI=1S/C12H22N4S/c1-11-9-12(15(2)14-11)10-13-3-4-16-5-7-17-8-6-16/h9,13H,3-8,10H2,1-2H3. The molecule has 1 saturated heterocycles. The lowest BCUT2D eigenvalue weighted by Gasteiger charge is -2.26. The molecule has 1 aromatic rings. The van der Waals surface area contributed by atoms with Gasteiger partial charge in [-0.3, -0.25) is 4.68 Å². The van der Waals surface area contributed by atoms with E-state index in [0.717, 1.165) is 25.3 Å². The highest BCUT2D eigenvalue weighted by Crippen LogP contribution is 2.08. The summed E-state index contributed by atoms with van der Waals surface area (Å²) in [6.07, 6.45) is 0. The van der Waals surface area contributed by atoms with E-state index in [1.165, 1.54) is 30.3 Å². The van der Waals surface area contributed by atoms with Gasteiger partial charge < -0.3 is 10.2 Å². The quantitative estimate of drug-likeness (QED) is 0.790. The SMILES string of the molecule is Cc1cc(CNCCN2CCSCC2)n(C)n1. The van der Waals surface area contributed by atoms with Gasteiger partial charge in [0.2, 0.25) is 0 Å². The topological polar surface area (TPSA) is 33.1 Å². The number of thioether (sulfide) groups is 1. The number of hydrogen-bond acceptors (Lipinski definition) is 4. The van der Waals surface area contributed by atoms with Crippen molar-refractivity contribution in [1.82, 2.24) is 20.0 Å². The summed E-state index contributed by atoms with van der Waals surface area (Å²) in [4.78, 5) is 2.54. The molecule has 0 amide bonds. The van der Waals surface area contributed by atoms with Crippen LogP contribution in [0.2, 0.25) is 0 Å². The molecule has 2 heterocycles. The third-order valence-electron chi connectivity index (χ3n) is 3.11. The fourth-order valence-corrected chi connectivity index (χ4v) is 3.09. The largest absolute Gasteiger partial charge is 0.310 e. The Labute approximate surface area is 108 Å². The predicted octanol–water partition coefficient (Wildman–Crippen LogP) is 0.867. The zero-order chi connectivity index (χ0) is 12.1. The fourth-order valence-electron chi connectivity index (χ4n) is 2.11. The van der Waals surface area contributed by atoms with E-state index in [1.807, 2.05) is 18.7 Å². The van der Waals surface area contributed by atoms with Gasteiger partial charge in [-0.2, -0.15) is 16.9 Å². The molecular formula is C12H22N4S. The minimum atomic E-state index is 0.917. The normalized spacial score (nSPS) is 17.5. The van der Waals surface area contributed by atoms with Crippen molar-refractivity contribution >= 4 is 11.8 Å². The predicted molar refractivity (Wildman–Crippen MR) is 73.4 cm³/mol. The first-order valence-corrected chi connectivity index (χ1v) is 7.41. The maximum atomic E-state index is 4.34. The molecule has 1 N–H and O–H groups in total. The van der Waals surface area contributed by atoms with Crippen molar-refractivity contribution in [2.75, 3.05) is 37.7 Å². The van der Waals surface area contributed by atoms with Crippen molar-refractivity contribution in [3.63, 3.8) is 0 Å². The monoisotopic (exact) mass is 254 g/mol. The van der Waals surface area contributed by atoms with Crippen molar-refractivity contribution in [2.45, 2.75) is 13.5 Å². The Morgan fingerprint density at radius 2 is 2.18 bits per heavy atom. The molecule has 0 aliphatic carbocycles. The highest BCUT2D eigenvalue weighted by Gasteiger charge is 2.09. The van der Waals surface area contributed by atoms with Gasteiger partial charge in [-0.25, -0.2) is 0 Å². The highest BCUT2D eigenvalue weighted by atomic mass is 32.2. The molecule has 1 fully saturated rings. The lowest BCUT2D eigenvalue weighted by molar-refractivity contribution is 0.300. The molecule has 0 spiro atoms. The number of nitrogens with one attached hydrogen (secondary N) is 1. The van der Waals surface area contributed by atoms with Gasteiger partial charge in [0.1, 0.15) is 0 Å². The molecule has 0 aromatic carbocycles. The number of aryl methyl sites for hydroxylation is 2. The van der Waals surface area contributed by atoms with Crippen molar-refractivity contribution in [1.29, 1.82) is 0 Å². The average Bonchev–Trinajstić information content (AvgIpc) is 2.65. The molecule has 0 radical (unpaired) electrons. The second kappa shape index (κ2) is 6.42. The zero-order valence-corrected chi connectivity index (χ0v) is 11.6. The zero-order valence-electron chi connectivity index (χ0n) is 10.8. The lowest BCUT2D eigenvalue weighted by Crippen LogP contribution is -2.37. The molecular weight excluding hydrogens is 232 g/mol. The Kier molecular flexibility index (Phi) is 4.88. The van der Waals surface area contributed by atoms with Gasteiger partial charge >= 0.3 is 0 Å². The minimum absolute atomic E-state index is 0.917. The number of aromatic nitrogens is 2. The summed E-state index contributed by atoms with van der Waals surface area (Å²) in [7, 11) is 2.01. The average molecular weight is 254 g/mol. The van der Waals surface area contributed by atoms with E-state index >= 15 is 0 Å². The Morgan fingerprint density at radius 3 is 2.82 bits per heavy atom. The van der Waals surface area contributed by atoms with Crippen LogP contribution < -0.4 is 5.32 Å². The number of rotatable bonds is 5. The summed E-state index contributed by atoms with van der Waals surface area (Å²) in [5, 5.41) is 7.84. The van der Waals surface area contributed by atoms with Gasteiger partial charge in [-0.05, 0) is 13.0 Å². The van der Waals surface area contributed by atoms with Crippen LogP contribution in [0.1, 0.15) is 11.4 Å². The van der Waals surface area contributed by atoms with Crippen LogP contribution in [0.25, 0.3) is 0 Å². The van der Waals surface area contributed by atoms with Crippen LogP contribution in [0, 0.1) is 6.92 Å². The second-order valence-corrected chi connectivity index (χ2v) is 5.76. The smallest absolute Gasteiger partial charge is 0.0597 e. The maximum absolute atomic E-state index is 4.34. The minimum Gasteiger partial charge on any atom is -0.310 e. The van der Waals surface area contributed by atoms with Gasteiger partial charge in [0.25, 0.3) is 0 Å². The summed E-state index contributed by atoms with van der Waals surface area (Å²) >= 11 is 2.07. The van der Waals surface area contributed by atoms with Crippen LogP contribution in [0.15, 0.2) is 6.07 Å². The molecule has 0 atom stereocenters. The fraction of sp³-hybridized carbons (Fsp3) is 0.750. The van der Waals surface area contributed by atoms with Crippen LogP contribution in [-0.4, -0.2) is 52.4 Å². The molecule has 0 unspecified atom stereocenters. The van der Waals surface area contributed by atoms with Crippen molar-refractivity contribution in [3.05, 3.63) is 17.5 Å². The van der Waals surface area contributed by atoms with E-state index in [0.29, 0.717) is 0 Å². The summed E-state index contributed by atoms with van der Waals surface area (Å²) in [5.74, 6) is 2.59. The van der Waals surface area contributed by atoms with Crippen LogP contribution in [0.3, 0.4) is 0 Å². The first kappa shape index (κ1) is 12.9. The second-order valence-electron chi connectivity index (χ2n) is 4.53. The molecule has 5 heteroatoms. The van der Waals surface area contributed by atoms with E-state index in [-0.39, 0.29) is 0 Å².